The molecule has 3 rings (SSSR count). The monoisotopic (exact) mass is 390 g/mol. The van der Waals surface area contributed by atoms with Crippen molar-refractivity contribution in [2.45, 2.75) is 13.5 Å². The summed E-state index contributed by atoms with van der Waals surface area (Å²) in [4.78, 5) is 15.2. The minimum Gasteiger partial charge on any atom is -0.478 e. The van der Waals surface area contributed by atoms with Gasteiger partial charge in [0, 0.05) is 23.9 Å². The number of nitrogens with one attached hydrogen (secondary N) is 1. The number of carboxylic acid groups (broad SMARTS) is 1. The van der Waals surface area contributed by atoms with E-state index in [9.17, 15) is 10.1 Å². The Labute approximate surface area is 167 Å². The third-order valence-electron chi connectivity index (χ3n) is 4.05. The molecular weight excluding hydrogens is 372 g/mol. The van der Waals surface area contributed by atoms with E-state index in [2.05, 4.69) is 21.6 Å². The van der Waals surface area contributed by atoms with Crippen LogP contribution in [0.4, 0.5) is 5.82 Å². The molecule has 0 unspecified atom stereocenters. The Morgan fingerprint density at radius 2 is 2.10 bits per heavy atom. The van der Waals surface area contributed by atoms with Gasteiger partial charge < -0.3 is 14.3 Å². The van der Waals surface area contributed by atoms with E-state index in [-0.39, 0.29) is 5.56 Å². The molecule has 0 spiro atoms. The zero-order valence-electron chi connectivity index (χ0n) is 15.8. The highest BCUT2D eigenvalue weighted by atomic mass is 16.5. The van der Waals surface area contributed by atoms with Gasteiger partial charge in [-0.3, -0.25) is 5.43 Å². The second kappa shape index (κ2) is 8.82. The molecule has 0 saturated heterocycles. The maximum atomic E-state index is 10.9. The second-order valence-corrected chi connectivity index (χ2v) is 6.15. The van der Waals surface area contributed by atoms with E-state index in [0.717, 1.165) is 16.8 Å². The van der Waals surface area contributed by atoms with Crippen LogP contribution in [0.2, 0.25) is 0 Å². The Morgan fingerprint density at radius 3 is 2.76 bits per heavy atom. The number of carbonyl (C=O) groups is 1. The third kappa shape index (κ3) is 4.66. The molecule has 0 aliphatic rings. The van der Waals surface area contributed by atoms with Crippen molar-refractivity contribution in [3.05, 3.63) is 70.6 Å². The number of ether oxygens (including phenoxy) is 1. The van der Waals surface area contributed by atoms with Gasteiger partial charge in [0.1, 0.15) is 23.2 Å². The normalized spacial score (nSPS) is 10.8. The van der Waals surface area contributed by atoms with Crippen LogP contribution < -0.4 is 5.43 Å². The Morgan fingerprint density at radius 1 is 1.34 bits per heavy atom. The number of nitrogens with zero attached hydrogens (tertiary/aromatic N) is 3. The summed E-state index contributed by atoms with van der Waals surface area (Å²) >= 11 is 0. The third-order valence-corrected chi connectivity index (χ3v) is 4.05. The van der Waals surface area contributed by atoms with Gasteiger partial charge in [-0.1, -0.05) is 12.1 Å². The van der Waals surface area contributed by atoms with Gasteiger partial charge in [0.2, 0.25) is 0 Å². The summed E-state index contributed by atoms with van der Waals surface area (Å²) in [6.07, 6.45) is 1.47. The van der Waals surface area contributed by atoms with Gasteiger partial charge in [-0.2, -0.15) is 10.4 Å². The second-order valence-electron chi connectivity index (χ2n) is 6.15. The van der Waals surface area contributed by atoms with Gasteiger partial charge in [0.25, 0.3) is 0 Å². The molecule has 0 bridgehead atoms. The molecule has 2 heterocycles. The fourth-order valence-corrected chi connectivity index (χ4v) is 2.73. The quantitative estimate of drug-likeness (QED) is 0.465. The van der Waals surface area contributed by atoms with Crippen LogP contribution in [0.25, 0.3) is 11.3 Å². The van der Waals surface area contributed by atoms with E-state index < -0.39 is 5.97 Å². The first-order valence-electron chi connectivity index (χ1n) is 8.64. The highest BCUT2D eigenvalue weighted by Crippen LogP contribution is 2.22. The van der Waals surface area contributed by atoms with Crippen LogP contribution in [-0.4, -0.2) is 29.4 Å². The fraction of sp³-hybridized carbons (Fsp3) is 0.143. The molecule has 0 saturated carbocycles. The van der Waals surface area contributed by atoms with Crippen LogP contribution in [0.3, 0.4) is 0 Å². The summed E-state index contributed by atoms with van der Waals surface area (Å²) in [5.74, 6) is 0.423. The maximum Gasteiger partial charge on any atom is 0.335 e. The van der Waals surface area contributed by atoms with E-state index in [1.54, 1.807) is 37.4 Å². The number of nitriles is 1. The van der Waals surface area contributed by atoms with E-state index in [1.807, 2.05) is 6.92 Å². The molecule has 8 heteroatoms. The molecule has 0 fully saturated rings. The van der Waals surface area contributed by atoms with Crippen molar-refractivity contribution >= 4 is 18.0 Å². The van der Waals surface area contributed by atoms with Crippen LogP contribution >= 0.6 is 0 Å². The molecule has 0 aliphatic heterocycles. The van der Waals surface area contributed by atoms with Gasteiger partial charge in [-0.05, 0) is 37.3 Å². The lowest BCUT2D eigenvalue weighted by Gasteiger charge is -2.08. The minimum absolute atomic E-state index is 0.207. The van der Waals surface area contributed by atoms with Crippen LogP contribution in [0.5, 0.6) is 0 Å². The predicted molar refractivity (Wildman–Crippen MR) is 107 cm³/mol. The summed E-state index contributed by atoms with van der Waals surface area (Å²) in [5, 5.41) is 22.5. The summed E-state index contributed by atoms with van der Waals surface area (Å²) in [7, 11) is 1.56. The number of anilines is 1. The number of furan rings is 1. The number of aromatic carboxylic acids is 1. The van der Waals surface area contributed by atoms with Gasteiger partial charge in [-0.15, -0.1) is 0 Å². The van der Waals surface area contributed by atoms with Crippen molar-refractivity contribution < 1.29 is 19.1 Å². The van der Waals surface area contributed by atoms with Crippen molar-refractivity contribution in [1.29, 1.82) is 5.26 Å². The molecule has 2 N–H and O–H groups in total. The summed E-state index contributed by atoms with van der Waals surface area (Å²) < 4.78 is 10.8. The SMILES string of the molecule is COCc1cc(C)nc(N/N=C/c2ccc(-c3ccc(C(=O)O)cc3)o2)c1C#N. The van der Waals surface area contributed by atoms with Gasteiger partial charge in [-0.25, -0.2) is 9.78 Å². The highest BCUT2D eigenvalue weighted by Gasteiger charge is 2.11. The van der Waals surface area contributed by atoms with Gasteiger partial charge >= 0.3 is 5.97 Å². The van der Waals surface area contributed by atoms with Crippen LogP contribution in [0.1, 0.15) is 32.9 Å². The fourth-order valence-electron chi connectivity index (χ4n) is 2.73. The summed E-state index contributed by atoms with van der Waals surface area (Å²) in [5.41, 5.74) is 5.56. The molecule has 3 aromatic rings. The number of hydrogen-bond donors (Lipinski definition) is 2. The number of hydrogen-bond acceptors (Lipinski definition) is 7. The first kappa shape index (κ1) is 19.8. The van der Waals surface area contributed by atoms with Gasteiger partial charge in [0.15, 0.2) is 5.82 Å². The number of pyridine rings is 1. The molecule has 0 aliphatic carbocycles. The molecule has 1 aromatic carbocycles. The van der Waals surface area contributed by atoms with Crippen LogP contribution in [0, 0.1) is 18.3 Å². The molecule has 8 nitrogen and oxygen atoms in total. The van der Waals surface area contributed by atoms with E-state index in [0.29, 0.717) is 29.5 Å². The standard InChI is InChI=1S/C21H18N4O4/c1-13-9-16(12-28-2)18(10-22)20(24-13)25-23-11-17-7-8-19(29-17)14-3-5-15(6-4-14)21(26)27/h3-9,11H,12H2,1-2H3,(H,24,25)(H,26,27)/b23-11+. The predicted octanol–water partition coefficient (Wildman–Crippen LogP) is 3.81. The number of aromatic nitrogens is 1. The van der Waals surface area contributed by atoms with Crippen LogP contribution in [-0.2, 0) is 11.3 Å². The minimum atomic E-state index is -0.981. The number of carboxylic acids is 1. The zero-order chi connectivity index (χ0) is 20.8. The lowest BCUT2D eigenvalue weighted by molar-refractivity contribution is 0.0697. The molecule has 0 atom stereocenters. The van der Waals surface area contributed by atoms with Crippen molar-refractivity contribution in [3.8, 4) is 17.4 Å². The molecule has 2 aromatic heterocycles. The average molecular weight is 390 g/mol. The molecule has 0 amide bonds. The zero-order valence-corrected chi connectivity index (χ0v) is 15.8. The topological polar surface area (TPSA) is 121 Å². The molecule has 29 heavy (non-hydrogen) atoms. The highest BCUT2D eigenvalue weighted by molar-refractivity contribution is 5.88. The van der Waals surface area contributed by atoms with Crippen molar-refractivity contribution in [3.63, 3.8) is 0 Å². The number of hydrazone groups is 1. The molecule has 146 valence electrons. The number of methoxy groups -OCH3 is 1. The average Bonchev–Trinajstić information content (AvgIpc) is 3.17. The summed E-state index contributed by atoms with van der Waals surface area (Å²) in [6, 6.07) is 13.8. The van der Waals surface area contributed by atoms with Crippen molar-refractivity contribution in [2.75, 3.05) is 12.5 Å². The van der Waals surface area contributed by atoms with E-state index in [4.69, 9.17) is 14.3 Å². The summed E-state index contributed by atoms with van der Waals surface area (Å²) in [6.45, 7) is 2.12. The Balaban J connectivity index is 1.75. The maximum absolute atomic E-state index is 10.9. The lowest BCUT2D eigenvalue weighted by Crippen LogP contribution is -2.03. The van der Waals surface area contributed by atoms with Crippen molar-refractivity contribution in [2.24, 2.45) is 5.10 Å². The Kier molecular flexibility index (Phi) is 6.02. The largest absolute Gasteiger partial charge is 0.478 e. The molecule has 0 radical (unpaired) electrons. The first-order chi connectivity index (χ1) is 14.0. The lowest BCUT2D eigenvalue weighted by atomic mass is 10.1. The first-order valence-corrected chi connectivity index (χ1v) is 8.64. The van der Waals surface area contributed by atoms with E-state index in [1.165, 1.54) is 18.3 Å². The van der Waals surface area contributed by atoms with Crippen LogP contribution in [0.15, 0.2) is 52.0 Å². The smallest absolute Gasteiger partial charge is 0.335 e. The number of aryl methyl sites for hydroxylation is 1. The van der Waals surface area contributed by atoms with Gasteiger partial charge in [0.05, 0.1) is 18.4 Å². The molecular formula is C21H18N4O4. The number of rotatable bonds is 7. The van der Waals surface area contributed by atoms with Crippen molar-refractivity contribution in [1.82, 2.24) is 4.98 Å². The van der Waals surface area contributed by atoms with E-state index >= 15 is 0 Å². The Bertz CT molecular complexity index is 1090. The Hall–Kier alpha value is -3.96. The number of benzene rings is 1.